The molecule has 9 nitrogen and oxygen atoms in total. The molecule has 0 saturated heterocycles. The average Bonchev–Trinajstić information content (AvgIpc) is 2.85. The van der Waals surface area contributed by atoms with Gasteiger partial charge in [0.25, 0.3) is 0 Å². The number of nitrogens with two attached hydrogens (primary N) is 1. The van der Waals surface area contributed by atoms with Gasteiger partial charge >= 0.3 is 12.2 Å². The summed E-state index contributed by atoms with van der Waals surface area (Å²) in [5.74, 6) is 0.0947. The van der Waals surface area contributed by atoms with Gasteiger partial charge in [0.1, 0.15) is 22.9 Å². The van der Waals surface area contributed by atoms with Crippen LogP contribution in [0, 0.1) is 6.92 Å². The van der Waals surface area contributed by atoms with Crippen molar-refractivity contribution in [1.82, 2.24) is 4.98 Å². The highest BCUT2D eigenvalue weighted by Crippen LogP contribution is 2.22. The molecule has 210 valence electrons. The Balaban J connectivity index is 1.89. The lowest BCUT2D eigenvalue weighted by atomic mass is 10.0. The number of pyridine rings is 1. The number of aliphatic imine (C=N–C) groups is 1. The van der Waals surface area contributed by atoms with E-state index in [0.29, 0.717) is 16.7 Å². The molecular weight excluding hydrogens is 508 g/mol. The zero-order valence-electron chi connectivity index (χ0n) is 24.0. The minimum absolute atomic E-state index is 0.00817. The van der Waals surface area contributed by atoms with Crippen molar-refractivity contribution in [2.75, 3.05) is 4.90 Å². The van der Waals surface area contributed by atoms with Gasteiger partial charge in [0.15, 0.2) is 5.78 Å². The van der Waals surface area contributed by atoms with E-state index in [9.17, 15) is 14.4 Å². The van der Waals surface area contributed by atoms with Crippen LogP contribution in [-0.2, 0) is 16.0 Å². The predicted octanol–water partition coefficient (Wildman–Crippen LogP) is 6.20. The number of hydrogen-bond donors (Lipinski definition) is 1. The number of ketones is 1. The first-order valence-electron chi connectivity index (χ1n) is 12.9. The van der Waals surface area contributed by atoms with Gasteiger partial charge in [0, 0.05) is 22.9 Å². The van der Waals surface area contributed by atoms with Crippen LogP contribution in [0.15, 0.2) is 71.9 Å². The Hall–Kier alpha value is -4.53. The van der Waals surface area contributed by atoms with E-state index in [4.69, 9.17) is 15.2 Å². The van der Waals surface area contributed by atoms with Crippen LogP contribution in [0.5, 0.6) is 0 Å². The molecule has 0 aliphatic carbocycles. The Bertz CT molecular complexity index is 1420. The highest BCUT2D eigenvalue weighted by Gasteiger charge is 2.25. The van der Waals surface area contributed by atoms with E-state index in [1.165, 1.54) is 11.1 Å². The molecule has 40 heavy (non-hydrogen) atoms. The lowest BCUT2D eigenvalue weighted by Crippen LogP contribution is -2.37. The van der Waals surface area contributed by atoms with E-state index in [2.05, 4.69) is 9.98 Å². The minimum Gasteiger partial charge on any atom is -0.443 e. The number of rotatable bonds is 6. The Kier molecular flexibility index (Phi) is 9.09. The summed E-state index contributed by atoms with van der Waals surface area (Å²) >= 11 is 0. The summed E-state index contributed by atoms with van der Waals surface area (Å²) in [5.41, 5.74) is 7.72. The third kappa shape index (κ3) is 8.76. The number of amides is 2. The first-order chi connectivity index (χ1) is 18.6. The second-order valence-electron chi connectivity index (χ2n) is 11.3. The van der Waals surface area contributed by atoms with Crippen LogP contribution in [0.3, 0.4) is 0 Å². The fraction of sp³-hybridized carbons (Fsp3) is 0.323. The van der Waals surface area contributed by atoms with E-state index in [1.54, 1.807) is 84.0 Å². The first kappa shape index (κ1) is 30.0. The number of hydrogen-bond acceptors (Lipinski definition) is 6. The van der Waals surface area contributed by atoms with Crippen LogP contribution in [0.2, 0.25) is 0 Å². The standard InChI is InChI=1S/C31H36N4O5/c1-20-9-8-10-23(17-20)26(36)24-15-16-33-25(18-24)35(29(38)40-31(5,6)7)19-21-11-13-22(14-12-21)27(32)34-28(37)39-30(2,3)4/h8-18H,19H2,1-7H3,(H2,32,34,37). The SMILES string of the molecule is Cc1cccc(C(=O)c2ccnc(N(Cc3ccc(/C(N)=N/C(=O)OC(C)(C)C)cc3)C(=O)OC(C)(C)C)c2)c1. The molecule has 0 fully saturated rings. The predicted molar refractivity (Wildman–Crippen MR) is 155 cm³/mol. The van der Waals surface area contributed by atoms with E-state index < -0.39 is 23.4 Å². The number of aryl methyl sites for hydroxylation is 1. The van der Waals surface area contributed by atoms with Crippen molar-refractivity contribution in [3.05, 3.63) is 94.7 Å². The minimum atomic E-state index is -0.781. The Morgan fingerprint density at radius 2 is 1.48 bits per heavy atom. The summed E-state index contributed by atoms with van der Waals surface area (Å²) in [7, 11) is 0. The molecule has 3 aromatic rings. The van der Waals surface area contributed by atoms with Crippen LogP contribution in [0.1, 0.15) is 74.2 Å². The number of ether oxygens (including phenoxy) is 2. The molecule has 0 radical (unpaired) electrons. The van der Waals surface area contributed by atoms with Crippen molar-refractivity contribution in [3.63, 3.8) is 0 Å². The molecule has 2 aromatic carbocycles. The van der Waals surface area contributed by atoms with Crippen LogP contribution in [0.25, 0.3) is 0 Å². The molecule has 2 amide bonds. The van der Waals surface area contributed by atoms with Gasteiger partial charge in [0.2, 0.25) is 0 Å². The quantitative estimate of drug-likeness (QED) is 0.222. The molecule has 0 aliphatic rings. The fourth-order valence-electron chi connectivity index (χ4n) is 3.63. The maximum Gasteiger partial charge on any atom is 0.436 e. The second-order valence-corrected chi connectivity index (χ2v) is 11.3. The van der Waals surface area contributed by atoms with Gasteiger partial charge in [-0.05, 0) is 72.2 Å². The molecule has 0 saturated carbocycles. The summed E-state index contributed by atoms with van der Waals surface area (Å²) in [6, 6.07) is 17.4. The molecule has 1 aromatic heterocycles. The topological polar surface area (TPSA) is 124 Å². The molecule has 1 heterocycles. The summed E-state index contributed by atoms with van der Waals surface area (Å²) in [5, 5.41) is 0. The van der Waals surface area contributed by atoms with Crippen LogP contribution in [0.4, 0.5) is 15.4 Å². The van der Waals surface area contributed by atoms with E-state index in [0.717, 1.165) is 11.1 Å². The van der Waals surface area contributed by atoms with E-state index >= 15 is 0 Å². The van der Waals surface area contributed by atoms with Gasteiger partial charge in [-0.1, -0.05) is 48.0 Å². The maximum absolute atomic E-state index is 13.3. The van der Waals surface area contributed by atoms with E-state index in [-0.39, 0.29) is 24.0 Å². The van der Waals surface area contributed by atoms with Crippen LogP contribution >= 0.6 is 0 Å². The van der Waals surface area contributed by atoms with Gasteiger partial charge in [-0.25, -0.2) is 14.6 Å². The summed E-state index contributed by atoms with van der Waals surface area (Å²) in [6.45, 7) is 12.6. The molecule has 0 atom stereocenters. The number of carbonyl (C=O) groups excluding carboxylic acids is 3. The third-order valence-electron chi connectivity index (χ3n) is 5.37. The molecule has 2 N–H and O–H groups in total. The van der Waals surface area contributed by atoms with Crippen molar-refractivity contribution in [2.45, 2.75) is 66.2 Å². The monoisotopic (exact) mass is 544 g/mol. The second kappa shape index (κ2) is 12.1. The third-order valence-corrected chi connectivity index (χ3v) is 5.37. The Morgan fingerprint density at radius 1 is 0.850 bits per heavy atom. The Labute approximate surface area is 235 Å². The number of amidine groups is 1. The van der Waals surface area contributed by atoms with Gasteiger partial charge in [-0.3, -0.25) is 9.69 Å². The largest absolute Gasteiger partial charge is 0.443 e. The smallest absolute Gasteiger partial charge is 0.436 e. The van der Waals surface area contributed by atoms with Crippen molar-refractivity contribution in [2.24, 2.45) is 10.7 Å². The molecule has 0 spiro atoms. The summed E-state index contributed by atoms with van der Waals surface area (Å²) in [6.07, 6.45) is 0.0960. The van der Waals surface area contributed by atoms with Crippen molar-refractivity contribution in [3.8, 4) is 0 Å². The van der Waals surface area contributed by atoms with Gasteiger partial charge in [0.05, 0.1) is 6.54 Å². The first-order valence-corrected chi connectivity index (χ1v) is 12.9. The number of aromatic nitrogens is 1. The van der Waals surface area contributed by atoms with Gasteiger partial charge in [-0.2, -0.15) is 4.99 Å². The van der Waals surface area contributed by atoms with Crippen molar-refractivity contribution >= 4 is 29.6 Å². The van der Waals surface area contributed by atoms with Gasteiger partial charge in [-0.15, -0.1) is 0 Å². The molecule has 0 aliphatic heterocycles. The normalized spacial score (nSPS) is 12.0. The lowest BCUT2D eigenvalue weighted by Gasteiger charge is -2.27. The summed E-state index contributed by atoms with van der Waals surface area (Å²) < 4.78 is 10.8. The number of nitrogens with zero attached hydrogens (tertiary/aromatic N) is 3. The number of carbonyl (C=O) groups is 3. The molecule has 0 bridgehead atoms. The molecule has 3 rings (SSSR count). The van der Waals surface area contributed by atoms with E-state index in [1.807, 2.05) is 25.1 Å². The fourth-order valence-corrected chi connectivity index (χ4v) is 3.63. The highest BCUT2D eigenvalue weighted by molar-refractivity contribution is 6.09. The lowest BCUT2D eigenvalue weighted by molar-refractivity contribution is 0.0572. The molecule has 0 unspecified atom stereocenters. The zero-order chi connectivity index (χ0) is 29.7. The van der Waals surface area contributed by atoms with Gasteiger partial charge < -0.3 is 15.2 Å². The van der Waals surface area contributed by atoms with Crippen LogP contribution in [-0.4, -0.2) is 40.0 Å². The molecular formula is C31H36N4O5. The number of anilines is 1. The van der Waals surface area contributed by atoms with Crippen molar-refractivity contribution < 1.29 is 23.9 Å². The molecule has 9 heteroatoms. The average molecular weight is 545 g/mol. The summed E-state index contributed by atoms with van der Waals surface area (Å²) in [4.78, 5) is 48.0. The Morgan fingerprint density at radius 3 is 2.08 bits per heavy atom. The number of benzene rings is 2. The highest BCUT2D eigenvalue weighted by atomic mass is 16.6. The van der Waals surface area contributed by atoms with Crippen molar-refractivity contribution in [1.29, 1.82) is 0 Å². The van der Waals surface area contributed by atoms with Crippen LogP contribution < -0.4 is 10.6 Å². The zero-order valence-corrected chi connectivity index (χ0v) is 24.0. The maximum atomic E-state index is 13.3.